The zero-order valence-electron chi connectivity index (χ0n) is 8.64. The van der Waals surface area contributed by atoms with Gasteiger partial charge in [-0.3, -0.25) is 0 Å². The Kier molecular flexibility index (Phi) is 2.32. The van der Waals surface area contributed by atoms with Gasteiger partial charge in [0.2, 0.25) is 0 Å². The Morgan fingerprint density at radius 1 is 0.923 bits per heavy atom. The molecule has 2 heterocycles. The zero-order valence-corrected chi connectivity index (χ0v) is 8.64. The largest absolute Gasteiger partial charge is 0.372 e. The highest BCUT2D eigenvalue weighted by Gasteiger charge is 2.15. The number of nitrogens with zero attached hydrogens (tertiary/aromatic N) is 2. The minimum atomic E-state index is 1.21. The Hall–Kier alpha value is -0.880. The molecule has 0 spiro atoms. The Morgan fingerprint density at radius 2 is 1.38 bits per heavy atom. The van der Waals surface area contributed by atoms with E-state index in [1.807, 2.05) is 0 Å². The molecule has 0 amide bonds. The molecule has 2 heteroatoms. The molecule has 0 aromatic carbocycles. The van der Waals surface area contributed by atoms with Crippen molar-refractivity contribution in [3.8, 4) is 0 Å². The average Bonchev–Trinajstić information content (AvgIpc) is 2.65. The molecule has 0 unspecified atom stereocenters. The lowest BCUT2D eigenvalue weighted by molar-refractivity contribution is 0.468. The van der Waals surface area contributed by atoms with Crippen molar-refractivity contribution in [2.45, 2.75) is 25.7 Å². The number of hydrogen-bond acceptors (Lipinski definition) is 2. The van der Waals surface area contributed by atoms with Gasteiger partial charge in [0.1, 0.15) is 0 Å². The van der Waals surface area contributed by atoms with Crippen molar-refractivity contribution in [3.05, 3.63) is 17.1 Å². The zero-order chi connectivity index (χ0) is 9.26. The Balaban J connectivity index is 2.24. The maximum Gasteiger partial charge on any atom is 0.0580 e. The Labute approximate surface area is 80.5 Å². The molecule has 0 bridgehead atoms. The number of likely N-dealkylation sites (tertiary alicyclic amines) is 2. The van der Waals surface area contributed by atoms with Crippen LogP contribution in [0.2, 0.25) is 0 Å². The van der Waals surface area contributed by atoms with Crippen LogP contribution >= 0.6 is 0 Å². The molecule has 0 aliphatic carbocycles. The van der Waals surface area contributed by atoms with Gasteiger partial charge in [-0.05, 0) is 25.7 Å². The van der Waals surface area contributed by atoms with E-state index in [2.05, 4.69) is 29.6 Å². The second-order valence-electron chi connectivity index (χ2n) is 4.07. The smallest absolute Gasteiger partial charge is 0.0580 e. The van der Waals surface area contributed by atoms with Crippen LogP contribution in [0.3, 0.4) is 0 Å². The molecule has 13 heavy (non-hydrogen) atoms. The quantitative estimate of drug-likeness (QED) is 0.522. The lowest BCUT2D eigenvalue weighted by atomic mass is 10.3. The van der Waals surface area contributed by atoms with Crippen molar-refractivity contribution in [2.24, 2.45) is 0 Å². The molecule has 0 aromatic heterocycles. The summed E-state index contributed by atoms with van der Waals surface area (Å²) in [5.74, 6) is 0. The van der Waals surface area contributed by atoms with E-state index < -0.39 is 0 Å². The summed E-state index contributed by atoms with van der Waals surface area (Å²) in [6.45, 7) is 2.42. The summed E-state index contributed by atoms with van der Waals surface area (Å²) in [5.41, 5.74) is 6.38. The van der Waals surface area contributed by atoms with E-state index in [4.69, 9.17) is 0 Å². The van der Waals surface area contributed by atoms with Crippen molar-refractivity contribution < 1.29 is 0 Å². The molecule has 0 atom stereocenters. The lowest BCUT2D eigenvalue weighted by Gasteiger charge is -2.13. The van der Waals surface area contributed by atoms with E-state index in [-0.39, 0.29) is 0 Å². The highest BCUT2D eigenvalue weighted by Crippen LogP contribution is 2.22. The molecule has 2 aliphatic rings. The molecular weight excluding hydrogens is 160 g/mol. The summed E-state index contributed by atoms with van der Waals surface area (Å²) in [6.07, 6.45) is 5.04. The minimum absolute atomic E-state index is 1.21. The van der Waals surface area contributed by atoms with Crippen LogP contribution in [0, 0.1) is 0 Å². The molecule has 0 aromatic rings. The van der Waals surface area contributed by atoms with Crippen LogP contribution in [0.4, 0.5) is 0 Å². The van der Waals surface area contributed by atoms with Crippen LogP contribution < -0.4 is 0 Å². The third kappa shape index (κ3) is 1.73. The maximum atomic E-state index is 3.56. The van der Waals surface area contributed by atoms with E-state index >= 15 is 0 Å². The van der Waals surface area contributed by atoms with E-state index in [1.165, 1.54) is 50.2 Å². The molecule has 2 rings (SSSR count). The molecule has 0 N–H and O–H groups in total. The standard InChI is InChI=1S/C11H18N2/c1-12-7-3-5-10(12)9-11-6-4-8-13(11)2/h3-8H2,1-2H3. The van der Waals surface area contributed by atoms with E-state index in [1.54, 1.807) is 0 Å². The summed E-state index contributed by atoms with van der Waals surface area (Å²) in [6, 6.07) is 0. The molecule has 2 nitrogen and oxygen atoms in total. The topological polar surface area (TPSA) is 6.48 Å². The fourth-order valence-electron chi connectivity index (χ4n) is 2.10. The van der Waals surface area contributed by atoms with Crippen molar-refractivity contribution in [1.29, 1.82) is 0 Å². The predicted octanol–water partition coefficient (Wildman–Crippen LogP) is 1.80. The summed E-state index contributed by atoms with van der Waals surface area (Å²) in [4.78, 5) is 4.66. The molecule has 0 saturated carbocycles. The fourth-order valence-corrected chi connectivity index (χ4v) is 2.10. The lowest BCUT2D eigenvalue weighted by Crippen LogP contribution is -2.12. The van der Waals surface area contributed by atoms with E-state index in [0.717, 1.165) is 0 Å². The van der Waals surface area contributed by atoms with Crippen LogP contribution in [-0.2, 0) is 0 Å². The third-order valence-corrected chi connectivity index (χ3v) is 3.02. The van der Waals surface area contributed by atoms with E-state index in [0.29, 0.717) is 0 Å². The van der Waals surface area contributed by atoms with E-state index in [9.17, 15) is 0 Å². The second kappa shape index (κ2) is 3.47. The van der Waals surface area contributed by atoms with Gasteiger partial charge in [0.15, 0.2) is 0 Å². The van der Waals surface area contributed by atoms with Crippen LogP contribution in [-0.4, -0.2) is 37.0 Å². The Morgan fingerprint density at radius 3 is 1.69 bits per heavy atom. The van der Waals surface area contributed by atoms with Gasteiger partial charge in [0.25, 0.3) is 0 Å². The molecule has 72 valence electrons. The molecular formula is C11H18N2. The first-order valence-electron chi connectivity index (χ1n) is 5.18. The fraction of sp³-hybridized carbons (Fsp3) is 0.727. The van der Waals surface area contributed by atoms with Crippen molar-refractivity contribution in [2.75, 3.05) is 27.2 Å². The van der Waals surface area contributed by atoms with Gasteiger partial charge >= 0.3 is 0 Å². The number of rotatable bonds is 0. The van der Waals surface area contributed by atoms with Crippen LogP contribution in [0.5, 0.6) is 0 Å². The second-order valence-corrected chi connectivity index (χ2v) is 4.07. The van der Waals surface area contributed by atoms with Crippen molar-refractivity contribution in [1.82, 2.24) is 9.80 Å². The Bertz CT molecular complexity index is 237. The first-order valence-corrected chi connectivity index (χ1v) is 5.18. The van der Waals surface area contributed by atoms with Gasteiger partial charge < -0.3 is 9.80 Å². The molecule has 0 radical (unpaired) electrons. The molecule has 2 saturated heterocycles. The van der Waals surface area contributed by atoms with Crippen LogP contribution in [0.15, 0.2) is 17.1 Å². The first kappa shape index (κ1) is 8.71. The van der Waals surface area contributed by atoms with Crippen molar-refractivity contribution in [3.63, 3.8) is 0 Å². The summed E-state index contributed by atoms with van der Waals surface area (Å²) in [5, 5.41) is 0. The highest BCUT2D eigenvalue weighted by atomic mass is 15.1. The molecule has 2 fully saturated rings. The summed E-state index contributed by atoms with van der Waals surface area (Å²) < 4.78 is 0. The monoisotopic (exact) mass is 178 g/mol. The summed E-state index contributed by atoms with van der Waals surface area (Å²) >= 11 is 0. The minimum Gasteiger partial charge on any atom is -0.372 e. The van der Waals surface area contributed by atoms with Gasteiger partial charge in [0, 0.05) is 27.2 Å². The van der Waals surface area contributed by atoms with Crippen LogP contribution in [0.25, 0.3) is 0 Å². The van der Waals surface area contributed by atoms with Gasteiger partial charge in [-0.1, -0.05) is 5.73 Å². The molecule has 2 aliphatic heterocycles. The third-order valence-electron chi connectivity index (χ3n) is 3.02. The highest BCUT2D eigenvalue weighted by molar-refractivity contribution is 5.12. The van der Waals surface area contributed by atoms with Gasteiger partial charge in [-0.2, -0.15) is 0 Å². The number of hydrogen-bond donors (Lipinski definition) is 0. The average molecular weight is 178 g/mol. The normalized spacial score (nSPS) is 22.9. The first-order chi connectivity index (χ1) is 6.27. The van der Waals surface area contributed by atoms with Gasteiger partial charge in [-0.15, -0.1) is 0 Å². The van der Waals surface area contributed by atoms with Crippen molar-refractivity contribution >= 4 is 0 Å². The SMILES string of the molecule is CN1CCCC1=C=C1CCCN1C. The van der Waals surface area contributed by atoms with Gasteiger partial charge in [-0.25, -0.2) is 0 Å². The predicted molar refractivity (Wildman–Crippen MR) is 54.3 cm³/mol. The number of allylic oxidation sites excluding steroid dienone is 1. The maximum absolute atomic E-state index is 3.56. The van der Waals surface area contributed by atoms with Gasteiger partial charge in [0.05, 0.1) is 11.4 Å². The van der Waals surface area contributed by atoms with Crippen LogP contribution in [0.1, 0.15) is 25.7 Å². The summed E-state index contributed by atoms with van der Waals surface area (Å²) in [7, 11) is 4.34.